The van der Waals surface area contributed by atoms with Gasteiger partial charge < -0.3 is 15.4 Å². The average Bonchev–Trinajstić information content (AvgIpc) is 2.74. The Hall–Kier alpha value is -2.04. The molecule has 0 saturated carbocycles. The number of amides is 1. The molecule has 1 aliphatic rings. The molecule has 0 aliphatic carbocycles. The quantitative estimate of drug-likeness (QED) is 0.847. The van der Waals surface area contributed by atoms with Crippen LogP contribution < -0.4 is 15.4 Å². The first-order chi connectivity index (χ1) is 8.11. The fraction of sp³-hybridized carbons (Fsp3) is 0.333. The van der Waals surface area contributed by atoms with Crippen molar-refractivity contribution in [3.05, 3.63) is 23.8 Å². The highest BCUT2D eigenvalue weighted by Gasteiger charge is 2.18. The van der Waals surface area contributed by atoms with E-state index < -0.39 is 5.91 Å². The number of nitrogens with two attached hydrogens (primary N) is 1. The number of methoxy groups -OCH3 is 1. The molecule has 1 aliphatic heterocycles. The van der Waals surface area contributed by atoms with Crippen LogP contribution in [0.4, 0.5) is 5.69 Å². The van der Waals surface area contributed by atoms with Crippen LogP contribution in [0.25, 0.3) is 0 Å². The van der Waals surface area contributed by atoms with E-state index in [9.17, 15) is 4.79 Å². The lowest BCUT2D eigenvalue weighted by Gasteiger charge is -2.18. The van der Waals surface area contributed by atoms with Crippen molar-refractivity contribution in [1.82, 2.24) is 0 Å². The number of carbonyl (C=O) groups excluding carboxylic acids is 1. The van der Waals surface area contributed by atoms with Crippen LogP contribution in [-0.2, 0) is 0 Å². The van der Waals surface area contributed by atoms with Gasteiger partial charge >= 0.3 is 0 Å². The lowest BCUT2D eigenvalue weighted by molar-refractivity contribution is 0.1000. The summed E-state index contributed by atoms with van der Waals surface area (Å²) >= 11 is 0. The summed E-state index contributed by atoms with van der Waals surface area (Å²) in [6, 6.07) is 5.43. The van der Waals surface area contributed by atoms with Gasteiger partial charge in [-0.1, -0.05) is 0 Å². The smallest absolute Gasteiger partial charge is 0.248 e. The SMILES string of the molecule is COc1cc(C(N)=O)ccc1N1C=NC(C)C1. The van der Waals surface area contributed by atoms with E-state index in [1.807, 2.05) is 17.9 Å². The van der Waals surface area contributed by atoms with Crippen LogP contribution in [-0.4, -0.2) is 31.9 Å². The largest absolute Gasteiger partial charge is 0.495 e. The summed E-state index contributed by atoms with van der Waals surface area (Å²) in [6.45, 7) is 2.85. The molecule has 0 saturated heterocycles. The lowest BCUT2D eigenvalue weighted by Crippen LogP contribution is -2.22. The van der Waals surface area contributed by atoms with Gasteiger partial charge in [0.1, 0.15) is 5.75 Å². The van der Waals surface area contributed by atoms with Crippen molar-refractivity contribution in [3.8, 4) is 5.75 Å². The Morgan fingerprint density at radius 3 is 2.88 bits per heavy atom. The first-order valence-corrected chi connectivity index (χ1v) is 5.39. The van der Waals surface area contributed by atoms with Gasteiger partial charge in [-0.25, -0.2) is 0 Å². The molecule has 90 valence electrons. The second-order valence-electron chi connectivity index (χ2n) is 4.02. The summed E-state index contributed by atoms with van der Waals surface area (Å²) in [5.41, 5.74) is 6.56. The maximum atomic E-state index is 11.1. The molecule has 1 unspecified atom stereocenters. The standard InChI is InChI=1S/C12H15N3O2/c1-8-6-15(7-14-8)10-4-3-9(12(13)16)5-11(10)17-2/h3-5,7-8H,6H2,1-2H3,(H2,13,16). The molecule has 1 heterocycles. The molecule has 0 fully saturated rings. The van der Waals surface area contributed by atoms with E-state index in [-0.39, 0.29) is 6.04 Å². The molecule has 1 aromatic rings. The average molecular weight is 233 g/mol. The van der Waals surface area contributed by atoms with Crippen LogP contribution in [0.3, 0.4) is 0 Å². The van der Waals surface area contributed by atoms with E-state index in [0.29, 0.717) is 11.3 Å². The van der Waals surface area contributed by atoms with Gasteiger partial charge in [-0.3, -0.25) is 9.79 Å². The van der Waals surface area contributed by atoms with Crippen LogP contribution >= 0.6 is 0 Å². The second kappa shape index (κ2) is 4.45. The summed E-state index contributed by atoms with van der Waals surface area (Å²) < 4.78 is 5.27. The van der Waals surface area contributed by atoms with Crippen LogP contribution in [0.15, 0.2) is 23.2 Å². The normalized spacial score (nSPS) is 18.5. The molecule has 2 rings (SSSR count). The maximum absolute atomic E-state index is 11.1. The zero-order valence-corrected chi connectivity index (χ0v) is 9.88. The molecule has 1 amide bonds. The van der Waals surface area contributed by atoms with Gasteiger partial charge in [0.05, 0.1) is 25.2 Å². The number of carbonyl (C=O) groups is 1. The zero-order chi connectivity index (χ0) is 12.4. The number of hydrogen-bond acceptors (Lipinski definition) is 4. The van der Waals surface area contributed by atoms with Crippen LogP contribution in [0.5, 0.6) is 5.75 Å². The first-order valence-electron chi connectivity index (χ1n) is 5.39. The summed E-state index contributed by atoms with van der Waals surface area (Å²) in [4.78, 5) is 17.4. The molecule has 1 aromatic carbocycles. The summed E-state index contributed by atoms with van der Waals surface area (Å²) in [6.07, 6.45) is 1.78. The Bertz CT molecular complexity index is 471. The number of rotatable bonds is 3. The van der Waals surface area contributed by atoms with Gasteiger partial charge in [0.15, 0.2) is 0 Å². The van der Waals surface area contributed by atoms with Gasteiger partial charge in [-0.05, 0) is 25.1 Å². The molecule has 2 N–H and O–H groups in total. The fourth-order valence-corrected chi connectivity index (χ4v) is 1.80. The minimum atomic E-state index is -0.460. The number of primary amides is 1. The summed E-state index contributed by atoms with van der Waals surface area (Å²) in [5.74, 6) is 0.167. The molecule has 0 bridgehead atoms. The number of benzene rings is 1. The van der Waals surface area contributed by atoms with Crippen molar-refractivity contribution < 1.29 is 9.53 Å². The lowest BCUT2D eigenvalue weighted by atomic mass is 10.1. The van der Waals surface area contributed by atoms with E-state index in [4.69, 9.17) is 10.5 Å². The molecule has 1 atom stereocenters. The van der Waals surface area contributed by atoms with Gasteiger partial charge in [0, 0.05) is 12.1 Å². The molecular formula is C12H15N3O2. The van der Waals surface area contributed by atoms with Gasteiger partial charge in [0.25, 0.3) is 0 Å². The number of nitrogens with zero attached hydrogens (tertiary/aromatic N) is 2. The molecule has 5 nitrogen and oxygen atoms in total. The maximum Gasteiger partial charge on any atom is 0.248 e. The second-order valence-corrected chi connectivity index (χ2v) is 4.02. The van der Waals surface area contributed by atoms with E-state index in [2.05, 4.69) is 4.99 Å². The van der Waals surface area contributed by atoms with Crippen LogP contribution in [0.1, 0.15) is 17.3 Å². The molecule has 5 heteroatoms. The highest BCUT2D eigenvalue weighted by Crippen LogP contribution is 2.30. The topological polar surface area (TPSA) is 67.9 Å². The summed E-state index contributed by atoms with van der Waals surface area (Å²) in [7, 11) is 1.57. The third-order valence-electron chi connectivity index (χ3n) is 2.70. The molecule has 17 heavy (non-hydrogen) atoms. The van der Waals surface area contributed by atoms with Crippen molar-refractivity contribution >= 4 is 17.9 Å². The third kappa shape index (κ3) is 2.22. The van der Waals surface area contributed by atoms with Crippen molar-refractivity contribution in [2.24, 2.45) is 10.7 Å². The highest BCUT2D eigenvalue weighted by molar-refractivity contribution is 5.95. The van der Waals surface area contributed by atoms with Crippen molar-refractivity contribution in [2.45, 2.75) is 13.0 Å². The van der Waals surface area contributed by atoms with Crippen molar-refractivity contribution in [1.29, 1.82) is 0 Å². The van der Waals surface area contributed by atoms with Crippen molar-refractivity contribution in [2.75, 3.05) is 18.6 Å². The number of aliphatic imine (C=N–C) groups is 1. The predicted molar refractivity (Wildman–Crippen MR) is 66.8 cm³/mol. The molecule has 0 aromatic heterocycles. The van der Waals surface area contributed by atoms with E-state index in [1.54, 1.807) is 25.6 Å². The van der Waals surface area contributed by atoms with E-state index in [1.165, 1.54) is 0 Å². The van der Waals surface area contributed by atoms with Gasteiger partial charge in [-0.2, -0.15) is 0 Å². The molecule has 0 spiro atoms. The Morgan fingerprint density at radius 1 is 1.59 bits per heavy atom. The number of hydrogen-bond donors (Lipinski definition) is 1. The first kappa shape index (κ1) is 11.4. The Labute approximate surface area is 99.9 Å². The van der Waals surface area contributed by atoms with Gasteiger partial charge in [-0.15, -0.1) is 0 Å². The number of ether oxygens (including phenoxy) is 1. The molecule has 0 radical (unpaired) electrons. The monoisotopic (exact) mass is 233 g/mol. The van der Waals surface area contributed by atoms with Crippen LogP contribution in [0.2, 0.25) is 0 Å². The number of anilines is 1. The molecular weight excluding hydrogens is 218 g/mol. The van der Waals surface area contributed by atoms with Crippen LogP contribution in [0, 0.1) is 0 Å². The Kier molecular flexibility index (Phi) is 2.99. The third-order valence-corrected chi connectivity index (χ3v) is 2.70. The van der Waals surface area contributed by atoms with Crippen molar-refractivity contribution in [3.63, 3.8) is 0 Å². The van der Waals surface area contributed by atoms with Gasteiger partial charge in [0.2, 0.25) is 5.91 Å². The highest BCUT2D eigenvalue weighted by atomic mass is 16.5. The predicted octanol–water partition coefficient (Wildman–Crippen LogP) is 1.03. The minimum Gasteiger partial charge on any atom is -0.495 e. The van der Waals surface area contributed by atoms with E-state index >= 15 is 0 Å². The fourth-order valence-electron chi connectivity index (χ4n) is 1.80. The minimum absolute atomic E-state index is 0.274. The Morgan fingerprint density at radius 2 is 2.35 bits per heavy atom. The zero-order valence-electron chi connectivity index (χ0n) is 9.88. The summed E-state index contributed by atoms with van der Waals surface area (Å²) in [5, 5.41) is 0. The Balaban J connectivity index is 2.35. The van der Waals surface area contributed by atoms with E-state index in [0.717, 1.165) is 12.2 Å².